The lowest BCUT2D eigenvalue weighted by molar-refractivity contribution is 0.0127. The number of alkyl halides is 2. The Bertz CT molecular complexity index is 1400. The molecule has 5 rings (SSSR count). The molecular weight excluding hydrogens is 454 g/mol. The minimum Gasteiger partial charge on any atom is -0.495 e. The van der Waals surface area contributed by atoms with Crippen molar-refractivity contribution in [2.45, 2.75) is 57.4 Å². The van der Waals surface area contributed by atoms with Crippen molar-refractivity contribution in [1.82, 2.24) is 29.7 Å². The minimum atomic E-state index is -3.02. The van der Waals surface area contributed by atoms with Crippen molar-refractivity contribution in [3.8, 4) is 5.75 Å². The number of halogens is 2. The van der Waals surface area contributed by atoms with E-state index in [4.69, 9.17) is 14.8 Å². The zero-order chi connectivity index (χ0) is 24.7. The number of ether oxygens (including phenoxy) is 1. The summed E-state index contributed by atoms with van der Waals surface area (Å²) in [6, 6.07) is 6.30. The van der Waals surface area contributed by atoms with E-state index in [9.17, 15) is 13.6 Å². The highest BCUT2D eigenvalue weighted by molar-refractivity contribution is 5.78. The van der Waals surface area contributed by atoms with Crippen LogP contribution in [-0.2, 0) is 12.3 Å². The molecule has 0 amide bonds. The molecule has 0 saturated heterocycles. The van der Waals surface area contributed by atoms with Gasteiger partial charge < -0.3 is 9.72 Å². The van der Waals surface area contributed by atoms with E-state index in [1.54, 1.807) is 30.1 Å². The highest BCUT2D eigenvalue weighted by Gasteiger charge is 2.33. The van der Waals surface area contributed by atoms with E-state index in [2.05, 4.69) is 15.0 Å². The van der Waals surface area contributed by atoms with E-state index in [1.165, 1.54) is 12.3 Å². The molecule has 35 heavy (non-hydrogen) atoms. The summed E-state index contributed by atoms with van der Waals surface area (Å²) in [4.78, 5) is 29.2. The van der Waals surface area contributed by atoms with E-state index >= 15 is 0 Å². The zero-order valence-corrected chi connectivity index (χ0v) is 19.8. The van der Waals surface area contributed by atoms with E-state index in [-0.39, 0.29) is 23.2 Å². The van der Waals surface area contributed by atoms with Crippen LogP contribution in [0.4, 0.5) is 8.78 Å². The van der Waals surface area contributed by atoms with Crippen molar-refractivity contribution >= 4 is 11.0 Å². The Balaban J connectivity index is 1.58. The van der Waals surface area contributed by atoms with Gasteiger partial charge in [-0.2, -0.15) is 13.9 Å². The molecule has 0 spiro atoms. The maximum Gasteiger partial charge on any atom is 0.286 e. The number of nitrogens with zero attached hydrogens (tertiary/aromatic N) is 5. The number of pyridine rings is 2. The first-order valence-corrected chi connectivity index (χ1v) is 11.6. The van der Waals surface area contributed by atoms with Crippen LogP contribution in [0.2, 0.25) is 0 Å². The summed E-state index contributed by atoms with van der Waals surface area (Å²) in [7, 11) is 1.57. The summed E-state index contributed by atoms with van der Waals surface area (Å²) in [6.45, 7) is 2.80. The van der Waals surface area contributed by atoms with Gasteiger partial charge in [0.2, 0.25) is 0 Å². The van der Waals surface area contributed by atoms with Gasteiger partial charge in [-0.25, -0.2) is 9.67 Å². The van der Waals surface area contributed by atoms with E-state index in [0.717, 1.165) is 36.7 Å². The summed E-state index contributed by atoms with van der Waals surface area (Å²) < 4.78 is 34.2. The molecule has 1 fully saturated rings. The first-order chi connectivity index (χ1) is 16.8. The average Bonchev–Trinajstić information content (AvgIpc) is 3.61. The van der Waals surface area contributed by atoms with Gasteiger partial charge in [0, 0.05) is 31.2 Å². The molecular formula is C25H26F2N6O2. The smallest absolute Gasteiger partial charge is 0.286 e. The van der Waals surface area contributed by atoms with Crippen molar-refractivity contribution in [3.05, 3.63) is 75.5 Å². The normalized spacial score (nSPS) is 14.9. The van der Waals surface area contributed by atoms with Crippen LogP contribution in [0.5, 0.6) is 5.75 Å². The molecule has 0 aromatic carbocycles. The Morgan fingerprint density at radius 2 is 2.00 bits per heavy atom. The second-order valence-electron chi connectivity index (χ2n) is 8.97. The molecule has 0 aliphatic heterocycles. The number of nitrogens with one attached hydrogen (secondary N) is 1. The van der Waals surface area contributed by atoms with Crippen LogP contribution < -0.4 is 10.3 Å². The minimum absolute atomic E-state index is 0.229. The summed E-state index contributed by atoms with van der Waals surface area (Å²) >= 11 is 0. The molecule has 0 bridgehead atoms. The first kappa shape index (κ1) is 23.1. The molecule has 1 aliphatic carbocycles. The lowest BCUT2D eigenvalue weighted by Crippen LogP contribution is -2.17. The average molecular weight is 481 g/mol. The number of fused-ring (bicyclic) bond motifs is 1. The van der Waals surface area contributed by atoms with Gasteiger partial charge in [0.25, 0.3) is 11.5 Å². The van der Waals surface area contributed by atoms with Crippen LogP contribution in [0.1, 0.15) is 73.5 Å². The van der Waals surface area contributed by atoms with Gasteiger partial charge in [-0.15, -0.1) is 0 Å². The number of hydrogen-bond acceptors (Lipinski definition) is 6. The lowest BCUT2D eigenvalue weighted by atomic mass is 10.1. The number of H-pyrrole nitrogens is 1. The summed E-state index contributed by atoms with van der Waals surface area (Å²) in [5, 5.41) is 5.32. The van der Waals surface area contributed by atoms with Gasteiger partial charge in [-0.05, 0) is 43.0 Å². The van der Waals surface area contributed by atoms with Crippen LogP contribution in [0, 0.1) is 0 Å². The van der Waals surface area contributed by atoms with Gasteiger partial charge in [-0.3, -0.25) is 14.8 Å². The number of rotatable bonds is 8. The van der Waals surface area contributed by atoms with Crippen molar-refractivity contribution in [3.63, 3.8) is 0 Å². The standard InChI is InChI=1S/C25H26F2N6O2/c1-4-18(15-7-10-19(29-12-15)25(2,26)27)33-23-21(22(32-33)14-5-6-14)24(34)31-20(30-23)11-16-8-9-17(35-3)13-28-16/h7-10,12-14,18H,4-6,11H2,1-3H3,(H,30,31,34). The van der Waals surface area contributed by atoms with E-state index < -0.39 is 5.92 Å². The molecule has 1 N–H and O–H groups in total. The van der Waals surface area contributed by atoms with Crippen LogP contribution in [0.25, 0.3) is 11.0 Å². The third kappa shape index (κ3) is 4.52. The molecule has 182 valence electrons. The Labute approximate surface area is 200 Å². The monoisotopic (exact) mass is 480 g/mol. The third-order valence-electron chi connectivity index (χ3n) is 6.29. The van der Waals surface area contributed by atoms with Crippen molar-refractivity contribution < 1.29 is 13.5 Å². The zero-order valence-electron chi connectivity index (χ0n) is 19.8. The largest absolute Gasteiger partial charge is 0.495 e. The van der Waals surface area contributed by atoms with Crippen LogP contribution in [0.3, 0.4) is 0 Å². The van der Waals surface area contributed by atoms with Crippen LogP contribution in [-0.4, -0.2) is 36.8 Å². The topological polar surface area (TPSA) is 98.6 Å². The maximum atomic E-state index is 13.7. The van der Waals surface area contributed by atoms with Gasteiger partial charge in [-0.1, -0.05) is 13.0 Å². The highest BCUT2D eigenvalue weighted by atomic mass is 19.3. The lowest BCUT2D eigenvalue weighted by Gasteiger charge is -2.18. The van der Waals surface area contributed by atoms with Crippen LogP contribution >= 0.6 is 0 Å². The van der Waals surface area contributed by atoms with Gasteiger partial charge in [0.05, 0.1) is 25.0 Å². The molecule has 0 radical (unpaired) electrons. The molecule has 10 heteroatoms. The van der Waals surface area contributed by atoms with Crippen molar-refractivity contribution in [2.24, 2.45) is 0 Å². The molecule has 1 atom stereocenters. The number of aromatic amines is 1. The fourth-order valence-corrected chi connectivity index (χ4v) is 4.28. The third-order valence-corrected chi connectivity index (χ3v) is 6.29. The van der Waals surface area contributed by atoms with E-state index in [0.29, 0.717) is 35.4 Å². The summed E-state index contributed by atoms with van der Waals surface area (Å²) in [5.74, 6) is -1.67. The molecule has 1 saturated carbocycles. The number of aromatic nitrogens is 6. The van der Waals surface area contributed by atoms with Crippen LogP contribution in [0.15, 0.2) is 41.5 Å². The Morgan fingerprint density at radius 1 is 1.20 bits per heavy atom. The Hall–Kier alpha value is -3.69. The number of methoxy groups -OCH3 is 1. The van der Waals surface area contributed by atoms with Gasteiger partial charge in [0.1, 0.15) is 22.7 Å². The molecule has 1 unspecified atom stereocenters. The SMILES string of the molecule is CCC(c1ccc(C(C)(F)F)nc1)n1nc(C2CC2)c2c(=O)[nH]c(Cc3ccc(OC)cn3)nc21. The second-order valence-corrected chi connectivity index (χ2v) is 8.97. The fourth-order valence-electron chi connectivity index (χ4n) is 4.28. The van der Waals surface area contributed by atoms with Crippen molar-refractivity contribution in [2.75, 3.05) is 7.11 Å². The second kappa shape index (κ2) is 8.83. The molecule has 4 aromatic heterocycles. The maximum absolute atomic E-state index is 13.7. The highest BCUT2D eigenvalue weighted by Crippen LogP contribution is 2.42. The summed E-state index contributed by atoms with van der Waals surface area (Å²) in [6.07, 6.45) is 5.97. The molecule has 4 heterocycles. The van der Waals surface area contributed by atoms with E-state index in [1.807, 2.05) is 13.0 Å². The quantitative estimate of drug-likeness (QED) is 0.399. The Morgan fingerprint density at radius 3 is 2.57 bits per heavy atom. The Kier molecular flexibility index (Phi) is 5.82. The van der Waals surface area contributed by atoms with Crippen molar-refractivity contribution in [1.29, 1.82) is 0 Å². The molecule has 8 nitrogen and oxygen atoms in total. The first-order valence-electron chi connectivity index (χ1n) is 11.6. The van der Waals surface area contributed by atoms with Gasteiger partial charge in [0.15, 0.2) is 5.65 Å². The fraction of sp³-hybridized carbons (Fsp3) is 0.400. The predicted octanol–water partition coefficient (Wildman–Crippen LogP) is 4.50. The summed E-state index contributed by atoms with van der Waals surface area (Å²) in [5.41, 5.74) is 2.16. The molecule has 1 aliphatic rings. The van der Waals surface area contributed by atoms with Gasteiger partial charge >= 0.3 is 0 Å². The number of hydrogen-bond donors (Lipinski definition) is 1. The predicted molar refractivity (Wildman–Crippen MR) is 126 cm³/mol. The molecule has 4 aromatic rings.